The molecular formula is C12H12F3NO2. The van der Waals surface area contributed by atoms with Gasteiger partial charge in [-0.2, -0.15) is 13.2 Å². The molecule has 0 amide bonds. The summed E-state index contributed by atoms with van der Waals surface area (Å²) in [6.07, 6.45) is -3.08. The van der Waals surface area contributed by atoms with Crippen LogP contribution < -0.4 is 15.2 Å². The van der Waals surface area contributed by atoms with E-state index < -0.39 is 17.2 Å². The van der Waals surface area contributed by atoms with Gasteiger partial charge in [-0.3, -0.25) is 0 Å². The van der Waals surface area contributed by atoms with Gasteiger partial charge in [-0.1, -0.05) is 0 Å². The molecule has 1 aromatic rings. The summed E-state index contributed by atoms with van der Waals surface area (Å²) < 4.78 is 49.6. The second kappa shape index (κ2) is 3.54. The molecule has 0 spiro atoms. The minimum absolute atomic E-state index is 0.0374. The Hall–Kier alpha value is -1.43. The third kappa shape index (κ3) is 1.55. The van der Waals surface area contributed by atoms with Crippen LogP contribution in [-0.2, 0) is 11.6 Å². The molecule has 3 nitrogen and oxygen atoms in total. The van der Waals surface area contributed by atoms with Crippen molar-refractivity contribution in [1.29, 1.82) is 0 Å². The van der Waals surface area contributed by atoms with E-state index >= 15 is 0 Å². The minimum Gasteiger partial charge on any atom is -0.454 e. The number of rotatable bonds is 2. The lowest BCUT2D eigenvalue weighted by atomic mass is 9.89. The van der Waals surface area contributed by atoms with E-state index in [1.54, 1.807) is 0 Å². The topological polar surface area (TPSA) is 44.5 Å². The van der Waals surface area contributed by atoms with E-state index in [4.69, 9.17) is 15.2 Å². The molecule has 1 aromatic carbocycles. The Labute approximate surface area is 102 Å². The first-order valence-corrected chi connectivity index (χ1v) is 5.68. The highest BCUT2D eigenvalue weighted by Crippen LogP contribution is 2.57. The van der Waals surface area contributed by atoms with E-state index in [9.17, 15) is 13.2 Å². The molecule has 0 bridgehead atoms. The van der Waals surface area contributed by atoms with Gasteiger partial charge in [-0.05, 0) is 25.0 Å². The van der Waals surface area contributed by atoms with Crippen LogP contribution in [0.3, 0.4) is 0 Å². The molecule has 0 saturated heterocycles. The quantitative estimate of drug-likeness (QED) is 0.887. The zero-order valence-electron chi connectivity index (χ0n) is 9.51. The predicted molar refractivity (Wildman–Crippen MR) is 57.5 cm³/mol. The Bertz CT molecular complexity index is 495. The van der Waals surface area contributed by atoms with Crippen molar-refractivity contribution in [2.24, 2.45) is 5.73 Å². The van der Waals surface area contributed by atoms with E-state index in [-0.39, 0.29) is 24.7 Å². The van der Waals surface area contributed by atoms with Gasteiger partial charge in [0, 0.05) is 17.5 Å². The zero-order chi connectivity index (χ0) is 13.0. The summed E-state index contributed by atoms with van der Waals surface area (Å²) in [5, 5.41) is 0. The molecule has 0 unspecified atom stereocenters. The lowest BCUT2D eigenvalue weighted by Crippen LogP contribution is -2.24. The summed E-state index contributed by atoms with van der Waals surface area (Å²) >= 11 is 0. The van der Waals surface area contributed by atoms with Crippen molar-refractivity contribution in [3.8, 4) is 11.5 Å². The Kier molecular flexibility index (Phi) is 2.29. The fraction of sp³-hybridized carbons (Fsp3) is 0.500. The largest absolute Gasteiger partial charge is 0.454 e. The molecule has 2 aliphatic rings. The lowest BCUT2D eigenvalue weighted by Gasteiger charge is -2.21. The number of halogens is 3. The fourth-order valence-electron chi connectivity index (χ4n) is 2.44. The number of benzene rings is 1. The lowest BCUT2D eigenvalue weighted by molar-refractivity contribution is -0.138. The van der Waals surface area contributed by atoms with Gasteiger partial charge in [0.1, 0.15) is 0 Å². The third-order valence-corrected chi connectivity index (χ3v) is 3.62. The maximum Gasteiger partial charge on any atom is 0.416 e. The van der Waals surface area contributed by atoms with Crippen LogP contribution in [0.2, 0.25) is 0 Å². The van der Waals surface area contributed by atoms with Gasteiger partial charge in [-0.25, -0.2) is 0 Å². The Morgan fingerprint density at radius 2 is 1.94 bits per heavy atom. The molecule has 3 rings (SSSR count). The number of alkyl halides is 3. The first kappa shape index (κ1) is 11.6. The summed E-state index contributed by atoms with van der Waals surface area (Å²) in [5.74, 6) is 0.588. The molecule has 0 radical (unpaired) electrons. The molecular weight excluding hydrogens is 247 g/mol. The maximum atomic E-state index is 13.1. The van der Waals surface area contributed by atoms with E-state index in [1.165, 1.54) is 6.07 Å². The second-order valence-corrected chi connectivity index (χ2v) is 4.70. The van der Waals surface area contributed by atoms with Crippen molar-refractivity contribution in [2.75, 3.05) is 13.3 Å². The summed E-state index contributed by atoms with van der Waals surface area (Å²) in [6, 6.07) is 2.36. The third-order valence-electron chi connectivity index (χ3n) is 3.62. The van der Waals surface area contributed by atoms with Crippen LogP contribution >= 0.6 is 0 Å². The van der Waals surface area contributed by atoms with E-state index in [0.717, 1.165) is 6.07 Å². The van der Waals surface area contributed by atoms with Crippen LogP contribution in [-0.4, -0.2) is 13.3 Å². The summed E-state index contributed by atoms with van der Waals surface area (Å²) in [4.78, 5) is 0. The smallest absolute Gasteiger partial charge is 0.416 e. The van der Waals surface area contributed by atoms with Gasteiger partial charge in [0.25, 0.3) is 0 Å². The monoisotopic (exact) mass is 259 g/mol. The highest BCUT2D eigenvalue weighted by molar-refractivity contribution is 5.58. The van der Waals surface area contributed by atoms with Crippen molar-refractivity contribution >= 4 is 0 Å². The zero-order valence-corrected chi connectivity index (χ0v) is 9.51. The van der Waals surface area contributed by atoms with E-state index in [0.29, 0.717) is 18.6 Å². The van der Waals surface area contributed by atoms with Crippen LogP contribution in [0.1, 0.15) is 24.0 Å². The number of hydrogen-bond donors (Lipinski definition) is 1. The van der Waals surface area contributed by atoms with Crippen molar-refractivity contribution in [1.82, 2.24) is 0 Å². The van der Waals surface area contributed by atoms with Gasteiger partial charge < -0.3 is 15.2 Å². The molecule has 1 aliphatic heterocycles. The molecule has 98 valence electrons. The molecule has 1 saturated carbocycles. The first-order chi connectivity index (χ1) is 8.48. The number of hydrogen-bond acceptors (Lipinski definition) is 3. The van der Waals surface area contributed by atoms with Gasteiger partial charge in [0.15, 0.2) is 11.5 Å². The Morgan fingerprint density at radius 3 is 2.50 bits per heavy atom. The minimum atomic E-state index is -4.40. The van der Waals surface area contributed by atoms with E-state index in [1.807, 2.05) is 0 Å². The summed E-state index contributed by atoms with van der Waals surface area (Å²) in [7, 11) is 0. The molecule has 0 aromatic heterocycles. The molecule has 0 atom stereocenters. The first-order valence-electron chi connectivity index (χ1n) is 5.68. The highest BCUT2D eigenvalue weighted by atomic mass is 19.4. The van der Waals surface area contributed by atoms with Crippen LogP contribution in [0.4, 0.5) is 13.2 Å². The maximum absolute atomic E-state index is 13.1. The number of nitrogens with two attached hydrogens (primary N) is 1. The van der Waals surface area contributed by atoms with Crippen molar-refractivity contribution in [2.45, 2.75) is 24.4 Å². The van der Waals surface area contributed by atoms with Gasteiger partial charge in [0.05, 0.1) is 5.56 Å². The average molecular weight is 259 g/mol. The SMILES string of the molecule is NCC1(c2c(C(F)(F)F)ccc3c2OCO3)CC1. The average Bonchev–Trinajstić information content (AvgIpc) is 2.96. The van der Waals surface area contributed by atoms with E-state index in [2.05, 4.69) is 0 Å². The van der Waals surface area contributed by atoms with Crippen molar-refractivity contribution in [3.63, 3.8) is 0 Å². The molecule has 18 heavy (non-hydrogen) atoms. The second-order valence-electron chi connectivity index (χ2n) is 4.70. The van der Waals surface area contributed by atoms with Crippen molar-refractivity contribution in [3.05, 3.63) is 23.3 Å². The van der Waals surface area contributed by atoms with Gasteiger partial charge >= 0.3 is 6.18 Å². The number of ether oxygens (including phenoxy) is 2. The van der Waals surface area contributed by atoms with Crippen LogP contribution in [0.5, 0.6) is 11.5 Å². The molecule has 1 aliphatic carbocycles. The number of fused-ring (bicyclic) bond motifs is 1. The van der Waals surface area contributed by atoms with Gasteiger partial charge in [-0.15, -0.1) is 0 Å². The van der Waals surface area contributed by atoms with Crippen molar-refractivity contribution < 1.29 is 22.6 Å². The van der Waals surface area contributed by atoms with Gasteiger partial charge in [0.2, 0.25) is 6.79 Å². The molecule has 2 N–H and O–H groups in total. The fourth-order valence-corrected chi connectivity index (χ4v) is 2.44. The normalized spacial score (nSPS) is 20.0. The molecule has 1 heterocycles. The Morgan fingerprint density at radius 1 is 1.22 bits per heavy atom. The standard InChI is InChI=1S/C12H12F3NO2/c13-12(14,15)7-1-2-8-10(18-6-17-8)9(7)11(5-16)3-4-11/h1-2H,3-6,16H2. The Balaban J connectivity index is 2.22. The molecule has 1 fully saturated rings. The molecule has 6 heteroatoms. The van der Waals surface area contributed by atoms with Crippen LogP contribution in [0, 0.1) is 0 Å². The summed E-state index contributed by atoms with van der Waals surface area (Å²) in [6.45, 7) is 0.153. The highest BCUT2D eigenvalue weighted by Gasteiger charge is 2.51. The van der Waals surface area contributed by atoms with Crippen LogP contribution in [0.25, 0.3) is 0 Å². The predicted octanol–water partition coefficient (Wildman–Crippen LogP) is 2.42. The summed E-state index contributed by atoms with van der Waals surface area (Å²) in [5.41, 5.74) is 4.57. The van der Waals surface area contributed by atoms with Crippen LogP contribution in [0.15, 0.2) is 12.1 Å².